The molecule has 1 aromatic rings. The Kier molecular flexibility index (Phi) is 5.04. The quantitative estimate of drug-likeness (QED) is 0.895. The van der Waals surface area contributed by atoms with Crippen LogP contribution < -0.4 is 11.1 Å². The van der Waals surface area contributed by atoms with Gasteiger partial charge >= 0.3 is 0 Å². The lowest BCUT2D eigenvalue weighted by molar-refractivity contribution is -0.127. The molecular weight excluding hydrogens is 260 g/mol. The zero-order valence-corrected chi connectivity index (χ0v) is 13.4. The highest BCUT2D eigenvalue weighted by Crippen LogP contribution is 2.33. The average molecular weight is 288 g/mol. The number of nitrogens with two attached hydrogens (primary N) is 1. The van der Waals surface area contributed by atoms with Crippen LogP contribution in [0.4, 0.5) is 0 Å². The third-order valence-electron chi connectivity index (χ3n) is 4.43. The topological polar surface area (TPSA) is 55.1 Å². The van der Waals surface area contributed by atoms with Gasteiger partial charge in [0.25, 0.3) is 0 Å². The van der Waals surface area contributed by atoms with E-state index in [1.165, 1.54) is 5.56 Å². The van der Waals surface area contributed by atoms with E-state index in [-0.39, 0.29) is 29.3 Å². The Morgan fingerprint density at radius 2 is 1.71 bits per heavy atom. The number of benzene rings is 1. The number of hydrogen-bond donors (Lipinski definition) is 2. The van der Waals surface area contributed by atoms with E-state index in [0.29, 0.717) is 0 Å². The number of amides is 1. The third-order valence-corrected chi connectivity index (χ3v) is 4.43. The molecule has 1 saturated carbocycles. The maximum Gasteiger partial charge on any atom is 0.223 e. The van der Waals surface area contributed by atoms with Crippen molar-refractivity contribution in [1.29, 1.82) is 0 Å². The van der Waals surface area contributed by atoms with Crippen molar-refractivity contribution in [3.05, 3.63) is 35.9 Å². The summed E-state index contributed by atoms with van der Waals surface area (Å²) in [4.78, 5) is 12.6. The predicted octanol–water partition coefficient (Wildman–Crippen LogP) is 3.41. The molecule has 0 spiro atoms. The predicted molar refractivity (Wildman–Crippen MR) is 86.7 cm³/mol. The van der Waals surface area contributed by atoms with Crippen molar-refractivity contribution in [1.82, 2.24) is 5.32 Å². The van der Waals surface area contributed by atoms with Crippen LogP contribution in [0.3, 0.4) is 0 Å². The molecule has 0 saturated heterocycles. The smallest absolute Gasteiger partial charge is 0.223 e. The molecule has 0 radical (unpaired) electrons. The van der Waals surface area contributed by atoms with Crippen LogP contribution in [0.15, 0.2) is 30.3 Å². The van der Waals surface area contributed by atoms with Crippen molar-refractivity contribution in [2.75, 3.05) is 0 Å². The largest absolute Gasteiger partial charge is 0.349 e. The maximum absolute atomic E-state index is 12.6. The molecule has 1 fully saturated rings. The van der Waals surface area contributed by atoms with Crippen LogP contribution in [0, 0.1) is 11.3 Å². The van der Waals surface area contributed by atoms with Crippen molar-refractivity contribution >= 4 is 5.91 Å². The molecule has 3 nitrogen and oxygen atoms in total. The van der Waals surface area contributed by atoms with Crippen molar-refractivity contribution < 1.29 is 4.79 Å². The highest BCUT2D eigenvalue weighted by Gasteiger charge is 2.31. The summed E-state index contributed by atoms with van der Waals surface area (Å²) in [6, 6.07) is 10.6. The molecule has 21 heavy (non-hydrogen) atoms. The van der Waals surface area contributed by atoms with Gasteiger partial charge in [0.05, 0.1) is 6.04 Å². The molecule has 1 amide bonds. The minimum Gasteiger partial charge on any atom is -0.349 e. The van der Waals surface area contributed by atoms with E-state index in [1.807, 2.05) is 18.2 Å². The number of carbonyl (C=O) groups excluding carboxylic acids is 1. The first kappa shape index (κ1) is 16.0. The van der Waals surface area contributed by atoms with Gasteiger partial charge < -0.3 is 11.1 Å². The van der Waals surface area contributed by atoms with Crippen LogP contribution in [0.1, 0.15) is 58.1 Å². The second kappa shape index (κ2) is 6.61. The molecule has 3 N–H and O–H groups in total. The van der Waals surface area contributed by atoms with Gasteiger partial charge in [0.2, 0.25) is 5.91 Å². The Hall–Kier alpha value is -1.35. The van der Waals surface area contributed by atoms with Gasteiger partial charge in [-0.15, -0.1) is 0 Å². The van der Waals surface area contributed by atoms with Gasteiger partial charge in [0.15, 0.2) is 0 Å². The zero-order chi connectivity index (χ0) is 15.5. The molecule has 1 atom stereocenters. The van der Waals surface area contributed by atoms with Crippen LogP contribution in [0.5, 0.6) is 0 Å². The van der Waals surface area contributed by atoms with Gasteiger partial charge in [-0.3, -0.25) is 4.79 Å². The lowest BCUT2D eigenvalue weighted by atomic mass is 9.81. The Morgan fingerprint density at radius 1 is 1.14 bits per heavy atom. The molecule has 0 bridgehead atoms. The Bertz CT molecular complexity index is 456. The van der Waals surface area contributed by atoms with E-state index in [1.54, 1.807) is 0 Å². The monoisotopic (exact) mass is 288 g/mol. The lowest BCUT2D eigenvalue weighted by Gasteiger charge is -2.34. The Labute approximate surface area is 128 Å². The molecule has 1 aliphatic rings. The average Bonchev–Trinajstić information content (AvgIpc) is 2.45. The fourth-order valence-electron chi connectivity index (χ4n) is 3.09. The zero-order valence-electron chi connectivity index (χ0n) is 13.4. The normalized spacial score (nSPS) is 24.4. The van der Waals surface area contributed by atoms with Gasteiger partial charge in [-0.05, 0) is 36.7 Å². The summed E-state index contributed by atoms with van der Waals surface area (Å²) in [6.07, 6.45) is 3.75. The fraction of sp³-hybridized carbons (Fsp3) is 0.611. The van der Waals surface area contributed by atoms with Crippen LogP contribution in [-0.4, -0.2) is 11.9 Å². The molecule has 1 aliphatic carbocycles. The summed E-state index contributed by atoms with van der Waals surface area (Å²) in [5, 5.41) is 3.28. The summed E-state index contributed by atoms with van der Waals surface area (Å²) in [5.41, 5.74) is 7.09. The Balaban J connectivity index is 2.07. The first-order valence-corrected chi connectivity index (χ1v) is 7.99. The molecule has 0 aromatic heterocycles. The summed E-state index contributed by atoms with van der Waals surface area (Å²) < 4.78 is 0. The number of hydrogen-bond acceptors (Lipinski definition) is 2. The van der Waals surface area contributed by atoms with Crippen LogP contribution in [-0.2, 0) is 4.79 Å². The summed E-state index contributed by atoms with van der Waals surface area (Å²) in [6.45, 7) is 6.51. The summed E-state index contributed by atoms with van der Waals surface area (Å²) >= 11 is 0. The number of nitrogens with one attached hydrogen (secondary N) is 1. The summed E-state index contributed by atoms with van der Waals surface area (Å²) in [7, 11) is 0. The van der Waals surface area contributed by atoms with Crippen molar-refractivity contribution in [3.63, 3.8) is 0 Å². The Morgan fingerprint density at radius 3 is 2.24 bits per heavy atom. The SMILES string of the molecule is CC(C)(C)C(NC(=O)C1CCC(N)CC1)c1ccccc1. The summed E-state index contributed by atoms with van der Waals surface area (Å²) in [5.74, 6) is 0.309. The molecular formula is C18H28N2O. The van der Waals surface area contributed by atoms with Gasteiger partial charge in [-0.25, -0.2) is 0 Å². The third kappa shape index (κ3) is 4.31. The van der Waals surface area contributed by atoms with Crippen molar-refractivity contribution in [2.24, 2.45) is 17.1 Å². The van der Waals surface area contributed by atoms with E-state index in [9.17, 15) is 4.79 Å². The molecule has 1 unspecified atom stereocenters. The van der Waals surface area contributed by atoms with Gasteiger partial charge in [-0.2, -0.15) is 0 Å². The number of carbonyl (C=O) groups is 1. The van der Waals surface area contributed by atoms with E-state index in [4.69, 9.17) is 5.73 Å². The molecule has 1 aromatic carbocycles. The minimum absolute atomic E-state index is 0.0118. The molecule has 116 valence electrons. The molecule has 0 aliphatic heterocycles. The highest BCUT2D eigenvalue weighted by molar-refractivity contribution is 5.79. The van der Waals surface area contributed by atoms with Crippen molar-refractivity contribution in [3.8, 4) is 0 Å². The number of rotatable bonds is 3. The van der Waals surface area contributed by atoms with Crippen LogP contribution in [0.2, 0.25) is 0 Å². The van der Waals surface area contributed by atoms with Crippen LogP contribution in [0.25, 0.3) is 0 Å². The highest BCUT2D eigenvalue weighted by atomic mass is 16.1. The molecule has 3 heteroatoms. The second-order valence-electron chi connectivity index (χ2n) is 7.33. The first-order valence-electron chi connectivity index (χ1n) is 7.99. The van der Waals surface area contributed by atoms with E-state index < -0.39 is 0 Å². The van der Waals surface area contributed by atoms with Gasteiger partial charge in [0, 0.05) is 12.0 Å². The fourth-order valence-corrected chi connectivity index (χ4v) is 3.09. The molecule has 2 rings (SSSR count). The van der Waals surface area contributed by atoms with E-state index in [2.05, 4.69) is 38.2 Å². The standard InChI is InChI=1S/C18H28N2O/c1-18(2,3)16(13-7-5-4-6-8-13)20-17(21)14-9-11-15(19)12-10-14/h4-8,14-16H,9-12,19H2,1-3H3,(H,20,21). The van der Waals surface area contributed by atoms with Gasteiger partial charge in [0.1, 0.15) is 0 Å². The van der Waals surface area contributed by atoms with Crippen molar-refractivity contribution in [2.45, 2.75) is 58.5 Å². The lowest BCUT2D eigenvalue weighted by Crippen LogP contribution is -2.41. The minimum atomic E-state index is -0.0118. The van der Waals surface area contributed by atoms with Crippen LogP contribution >= 0.6 is 0 Å². The second-order valence-corrected chi connectivity index (χ2v) is 7.33. The van der Waals surface area contributed by atoms with E-state index >= 15 is 0 Å². The van der Waals surface area contributed by atoms with Gasteiger partial charge in [-0.1, -0.05) is 51.1 Å². The maximum atomic E-state index is 12.6. The first-order chi connectivity index (χ1) is 9.88. The van der Waals surface area contributed by atoms with E-state index in [0.717, 1.165) is 25.7 Å². The molecule has 0 heterocycles.